The van der Waals surface area contributed by atoms with E-state index in [1.807, 2.05) is 41.5 Å². The summed E-state index contributed by atoms with van der Waals surface area (Å²) in [5.41, 5.74) is 6.02. The molecule has 24 atom stereocenters. The number of hydrogen-bond acceptors (Lipinski definition) is 34. The fourth-order valence-corrected chi connectivity index (χ4v) is 20.8. The second-order valence-electron chi connectivity index (χ2n) is 46.5. The molecular formula is C105H175ClN12O31. The Morgan fingerprint density at radius 3 is 0.980 bits per heavy atom. The van der Waals surface area contributed by atoms with Crippen molar-refractivity contribution >= 4 is 83.7 Å². The second kappa shape index (κ2) is 53.7. The van der Waals surface area contributed by atoms with E-state index in [1.165, 1.54) is 27.2 Å². The zero-order chi connectivity index (χ0) is 111. The van der Waals surface area contributed by atoms with E-state index >= 15 is 0 Å². The molecule has 149 heavy (non-hydrogen) atoms. The van der Waals surface area contributed by atoms with Crippen LogP contribution < -0.4 is 58.9 Å². The number of aliphatic hydroxyl groups is 1. The summed E-state index contributed by atoms with van der Waals surface area (Å²) in [6, 6.07) is -0.389. The molecule has 9 heterocycles. The average molecular weight is 2140 g/mol. The predicted octanol–water partition coefficient (Wildman–Crippen LogP) is 10.0. The minimum absolute atomic E-state index is 0.0385. The summed E-state index contributed by atoms with van der Waals surface area (Å²) in [6.45, 7) is 52.4. The lowest BCUT2D eigenvalue weighted by Crippen LogP contribution is -2.56. The zero-order valence-corrected chi connectivity index (χ0v) is 93.9. The molecule has 0 aromatic carbocycles. The number of allylic oxidation sites excluding steroid dienone is 4. The predicted molar refractivity (Wildman–Crippen MR) is 550 cm³/mol. The number of rotatable bonds is 36. The molecule has 13 N–H and O–H groups in total. The van der Waals surface area contributed by atoms with Crippen LogP contribution >= 0.6 is 11.6 Å². The van der Waals surface area contributed by atoms with Crippen LogP contribution in [0.15, 0.2) is 46.6 Å². The number of alkyl carbamates (subject to hydrolysis) is 6. The van der Waals surface area contributed by atoms with Crippen molar-refractivity contribution in [1.82, 2.24) is 58.1 Å². The van der Waals surface area contributed by atoms with Crippen LogP contribution in [0, 0.1) is 29.1 Å². The maximum atomic E-state index is 12.5. The number of epoxide rings is 8. The highest BCUT2D eigenvalue weighted by molar-refractivity contribution is 6.28. The van der Waals surface area contributed by atoms with Crippen molar-refractivity contribution < 1.29 is 148 Å². The number of halogens is 1. The molecule has 43 nitrogen and oxygen atoms in total. The molecule has 4 spiro atoms. The van der Waals surface area contributed by atoms with Crippen molar-refractivity contribution in [2.75, 3.05) is 133 Å². The third-order valence-electron chi connectivity index (χ3n) is 28.2. The molecular weight excluding hydrogens is 1960 g/mol. The molecule has 13 aliphatic rings. The Labute approximate surface area is 884 Å². The molecule has 0 bridgehead atoms. The second-order valence-corrected chi connectivity index (χ2v) is 46.7. The largest absolute Gasteiger partial charge is 0.444 e. The average Bonchev–Trinajstić information content (AvgIpc) is 1.53. The van der Waals surface area contributed by atoms with Crippen LogP contribution in [0.2, 0.25) is 0 Å². The molecule has 4 aliphatic carbocycles. The lowest BCUT2D eigenvalue weighted by atomic mass is 9.68. The number of urea groups is 1. The molecule has 13 rings (SSSR count). The van der Waals surface area contributed by atoms with Gasteiger partial charge < -0.3 is 133 Å². The highest BCUT2D eigenvalue weighted by atomic mass is 35.5. The van der Waals surface area contributed by atoms with Crippen molar-refractivity contribution in [2.45, 2.75) is 384 Å². The van der Waals surface area contributed by atoms with Crippen molar-refractivity contribution in [3.8, 4) is 0 Å². The first-order chi connectivity index (χ1) is 69.5. The van der Waals surface area contributed by atoms with Crippen LogP contribution in [0.25, 0.3) is 0 Å². The summed E-state index contributed by atoms with van der Waals surface area (Å²) < 4.78 is 103. The van der Waals surface area contributed by atoms with Gasteiger partial charge in [0.1, 0.15) is 105 Å². The number of imide groups is 4. The van der Waals surface area contributed by atoms with Gasteiger partial charge in [-0.25, -0.2) is 33.6 Å². The molecule has 44 heteroatoms. The first-order valence-corrected chi connectivity index (χ1v) is 52.6. The number of alkyl halides is 1. The van der Waals surface area contributed by atoms with Gasteiger partial charge >= 0.3 is 42.6 Å². The monoisotopic (exact) mass is 2140 g/mol. The molecule has 9 aliphatic heterocycles. The maximum Gasteiger partial charge on any atom is 0.414 e. The van der Waals surface area contributed by atoms with E-state index in [9.17, 15) is 62.6 Å². The van der Waals surface area contributed by atoms with Crippen LogP contribution in [-0.4, -0.2) is 350 Å². The molecule has 0 radical (unpaired) electrons. The molecule has 13 amide bonds. The Morgan fingerprint density at radius 1 is 0.423 bits per heavy atom. The van der Waals surface area contributed by atoms with E-state index in [0.717, 1.165) is 64.4 Å². The fourth-order valence-electron chi connectivity index (χ4n) is 20.7. The third-order valence-corrected chi connectivity index (χ3v) is 28.4. The van der Waals surface area contributed by atoms with E-state index in [-0.39, 0.29) is 150 Å². The quantitative estimate of drug-likeness (QED) is 0.00692. The van der Waals surface area contributed by atoms with Crippen LogP contribution in [-0.2, 0) is 109 Å². The van der Waals surface area contributed by atoms with Crippen LogP contribution in [0.4, 0.5) is 33.6 Å². The topological polar surface area (TPSA) is 567 Å². The Bertz CT molecular complexity index is 4510. The van der Waals surface area contributed by atoms with E-state index in [2.05, 4.69) is 161 Å². The number of amides is 13. The van der Waals surface area contributed by atoms with E-state index in [4.69, 9.17) is 103 Å². The number of nitrogens with zero attached hydrogens (tertiary/aromatic N) is 1. The number of carbonyl (C=O) groups is 12. The van der Waals surface area contributed by atoms with E-state index in [0.29, 0.717) is 84.8 Å². The normalized spacial score (nSPS) is 32.6. The Balaban J connectivity index is 0.000000226. The highest BCUT2D eigenvalue weighted by Gasteiger charge is 2.76. The molecule has 9 saturated heterocycles. The molecule has 0 aromatic rings. The number of ether oxygens (including phenoxy) is 18. The van der Waals surface area contributed by atoms with Gasteiger partial charge in [0.25, 0.3) is 0 Å². The molecule has 13 fully saturated rings. The van der Waals surface area contributed by atoms with Crippen molar-refractivity contribution in [1.29, 1.82) is 0 Å². The Kier molecular flexibility index (Phi) is 45.3. The van der Waals surface area contributed by atoms with Gasteiger partial charge in [-0.05, 0) is 228 Å². The summed E-state index contributed by atoms with van der Waals surface area (Å²) in [5.74, 6) is -2.42. The number of nitrogens with two attached hydrogens (primary N) is 1. The first-order valence-electron chi connectivity index (χ1n) is 52.1. The van der Waals surface area contributed by atoms with Crippen LogP contribution in [0.3, 0.4) is 0 Å². The molecule has 848 valence electrons. The van der Waals surface area contributed by atoms with Crippen molar-refractivity contribution in [3.05, 3.63) is 46.6 Å². The number of hydrogen-bond donors (Lipinski definition) is 12. The SMILES string of the molecule is CC(C)(C)CC(=O)NCCN1CC(=O)NC1=O.CC(C)(C)OC(=O)NCCN.COC1C(O)CC[C@]2(CO2)C1[C@]1(C)O[C@@H]1CC=C(C)C.COC1C(OC(=O)NC(=O)CCl)CC[C@]2(CO2)C1[C@]1(C)O[C@@H]1CC=C(C)C.COC1C(OC(=O)NC(=O)CNCCNC(=O)OC(C)(C)C)CC[C@]2(CO2)C1[C@]1(C)O[C@@H]1CC=C(C)C.COC1C(OC(=O)NC(=O)CNCCNC(=O)OC(C)(C)C)CC[C@]2(CO2)C1[C@]1(C)O[C@@H]1CC=C(C)C. The minimum atomic E-state index is -0.819. The molecule has 4 saturated carbocycles. The van der Waals surface area contributed by atoms with Gasteiger partial charge in [0.15, 0.2) is 0 Å². The zero-order valence-electron chi connectivity index (χ0n) is 93.2. The van der Waals surface area contributed by atoms with Gasteiger partial charge in [0.05, 0.1) is 105 Å². The standard InChI is InChI=1S/2C26H43N3O8.C19H28ClNO6.C16H26O4.C11H19N3O3.C7H16N2O2/c2*1-16(2)8-9-18-25(6,36-18)21-20(33-7)17(10-11-26(21)15-34-26)35-23(32)29-19(30)14-27-12-13-28-22(31)37-24(3,4)5;1-11(2)5-6-13-18(3,27-13)16-15(24-4)12(7-8-19(16)10-25-19)26-17(23)21-14(22)9-20;1-10(2)5-6-12-15(3,20-12)14-13(18-4)11(17)7-8-16(14)9-19-16;1-11(2,3)6-8(15)12-4-5-14-7-9(16)13-10(14)17;1-7(2,3)11-6(10)9-5-4-8/h2*8,17-18,20-21,27H,9-15H2,1-7H3,(H,28,31)(H,29,30,32);5,12-13,15-16H,6-10H2,1-4H3,(H,21,22,23);5,11-14,17H,6-9H2,1-4H3;4-7H2,1-3H3,(H,12,15)(H,13,16,17);4-5,8H2,1-3H3,(H,9,10)/t2*17?,18-,20?,21?,25-,26+;12?,13-,15?,16?,18-,19+;11?,12-,13?,14?,15-,16+;;/m1111../s1. The van der Waals surface area contributed by atoms with Gasteiger partial charge in [-0.2, -0.15) is 0 Å². The Morgan fingerprint density at radius 2 is 0.718 bits per heavy atom. The summed E-state index contributed by atoms with van der Waals surface area (Å²) in [5, 5.41) is 35.2. The maximum absolute atomic E-state index is 12.5. The Hall–Kier alpha value is -8.35. The van der Waals surface area contributed by atoms with Gasteiger partial charge in [0, 0.05) is 87.2 Å². The molecule has 12 unspecified atom stereocenters. The summed E-state index contributed by atoms with van der Waals surface area (Å²) in [6.07, 6.45) is 11.3. The minimum Gasteiger partial charge on any atom is -0.444 e. The lowest BCUT2D eigenvalue weighted by molar-refractivity contribution is -0.125. The van der Waals surface area contributed by atoms with Crippen LogP contribution in [0.1, 0.15) is 250 Å². The van der Waals surface area contributed by atoms with E-state index in [1.54, 1.807) is 70.0 Å². The number of aliphatic hydroxyl groups excluding tert-OH is 1. The van der Waals surface area contributed by atoms with Gasteiger partial charge in [-0.3, -0.25) is 45.2 Å². The molecule has 0 aromatic heterocycles. The number of nitrogens with one attached hydrogen (secondary N) is 10. The fraction of sp³-hybridized carbons (Fsp3) is 0.810. The van der Waals surface area contributed by atoms with E-state index < -0.39 is 125 Å². The smallest absolute Gasteiger partial charge is 0.414 e. The van der Waals surface area contributed by atoms with Gasteiger partial charge in [-0.15, -0.1) is 11.6 Å². The van der Waals surface area contributed by atoms with Crippen molar-refractivity contribution in [2.24, 2.45) is 34.8 Å². The first kappa shape index (κ1) is 126. The van der Waals surface area contributed by atoms with Gasteiger partial charge in [-0.1, -0.05) is 67.4 Å². The van der Waals surface area contributed by atoms with Crippen LogP contribution in [0.5, 0.6) is 0 Å². The lowest BCUT2D eigenvalue weighted by Gasteiger charge is -2.42. The summed E-state index contributed by atoms with van der Waals surface area (Å²) >= 11 is 5.42. The third kappa shape index (κ3) is 38.1. The highest BCUT2D eigenvalue weighted by Crippen LogP contribution is 2.64. The van der Waals surface area contributed by atoms with Gasteiger partial charge in [0.2, 0.25) is 29.5 Å². The number of methoxy groups -OCH3 is 4. The number of carbonyl (C=O) groups excluding carboxylic acids is 12. The summed E-state index contributed by atoms with van der Waals surface area (Å²) in [4.78, 5) is 142. The van der Waals surface area contributed by atoms with Crippen molar-refractivity contribution in [3.63, 3.8) is 0 Å². The summed E-state index contributed by atoms with van der Waals surface area (Å²) in [7, 11) is 6.49.